The Kier molecular flexibility index (Phi) is 39.1. The highest BCUT2D eigenvalue weighted by Crippen LogP contribution is 2.16. The van der Waals surface area contributed by atoms with Crippen LogP contribution in [0.4, 0.5) is 0 Å². The first-order chi connectivity index (χ1) is 42.4. The lowest BCUT2D eigenvalue weighted by Crippen LogP contribution is -2.59. The molecule has 0 atom stereocenters. The van der Waals surface area contributed by atoms with E-state index in [2.05, 4.69) is 26.6 Å². The molecule has 0 aromatic heterocycles. The third kappa shape index (κ3) is 41.4. The molecule has 0 aliphatic heterocycles. The van der Waals surface area contributed by atoms with Crippen LogP contribution in [0.2, 0.25) is 0 Å². The Bertz CT molecular complexity index is 2000. The zero-order valence-electron chi connectivity index (χ0n) is 53.8. The summed E-state index contributed by atoms with van der Waals surface area (Å²) in [7, 11) is 0. The second-order valence-electron chi connectivity index (χ2n) is 21.1. The van der Waals surface area contributed by atoms with Crippen molar-refractivity contribution in [1.29, 1.82) is 0 Å². The lowest BCUT2D eigenvalue weighted by molar-refractivity contribution is -0.158. The van der Waals surface area contributed by atoms with Gasteiger partial charge in [-0.1, -0.05) is 0 Å². The zero-order chi connectivity index (χ0) is 69.4. The minimum atomic E-state index is -1.77. The van der Waals surface area contributed by atoms with Gasteiger partial charge in [-0.15, -0.1) is 0 Å². The summed E-state index contributed by atoms with van der Waals surface area (Å²) < 4.78 is 61.9. The summed E-state index contributed by atoms with van der Waals surface area (Å²) in [5.74, 6) is -12.3. The maximum absolute atomic E-state index is 13.8. The molecule has 0 bridgehead atoms. The molecule has 0 heterocycles. The normalized spacial score (nSPS) is 11.3. The predicted molar refractivity (Wildman–Crippen MR) is 307 cm³/mol. The van der Waals surface area contributed by atoms with Gasteiger partial charge >= 0.3 is 71.6 Å². The predicted octanol–water partition coefficient (Wildman–Crippen LogP) is -3.08. The summed E-state index contributed by atoms with van der Waals surface area (Å²) in [6.07, 6.45) is -1.43. The number of amides is 4. The summed E-state index contributed by atoms with van der Waals surface area (Å²) in [6.45, 7) is 5.58. The topological polar surface area (TPSA) is 451 Å². The van der Waals surface area contributed by atoms with E-state index in [-0.39, 0.29) is 78.0 Å². The second-order valence-corrected chi connectivity index (χ2v) is 21.1. The van der Waals surface area contributed by atoms with Crippen LogP contribution in [0, 0.1) is 0 Å². The van der Waals surface area contributed by atoms with Gasteiger partial charge in [0.2, 0.25) is 23.6 Å². The SMILES string of the molecule is CC(=O)OCC(COC(C)=O)(COC(C)=O)NC(=O)CCN(CCNCCN(CCC(=O)NC(COC(C)=O)(COC(C)=O)COC(C)=O)CCC(=O)NC(COC(C)=O)(COC(C)=O)COC(C)=O)CCC(=O)NC(COC(C)=O)(COC(C)=O)COC(C)=O. The van der Waals surface area contributed by atoms with Crippen molar-refractivity contribution in [2.24, 2.45) is 0 Å². The quantitative estimate of drug-likeness (QED) is 0.0229. The molecule has 0 aliphatic carbocycles. The summed E-state index contributed by atoms with van der Waals surface area (Å²) in [5, 5.41) is 13.8. The van der Waals surface area contributed by atoms with E-state index >= 15 is 0 Å². The van der Waals surface area contributed by atoms with Gasteiger partial charge < -0.3 is 93.2 Å². The Balaban J connectivity index is 7.27. The number of nitrogens with zero attached hydrogens (tertiary/aromatic N) is 2. The molecule has 0 saturated carbocycles. The molecule has 5 N–H and O–H groups in total. The van der Waals surface area contributed by atoms with E-state index in [1.165, 1.54) is 0 Å². The van der Waals surface area contributed by atoms with Gasteiger partial charge in [0.05, 0.1) is 0 Å². The van der Waals surface area contributed by atoms with E-state index in [1.807, 2.05) is 0 Å². The van der Waals surface area contributed by atoms with E-state index in [0.29, 0.717) is 0 Å². The van der Waals surface area contributed by atoms with E-state index in [9.17, 15) is 76.7 Å². The third-order valence-corrected chi connectivity index (χ3v) is 12.1. The molecule has 0 aliphatic rings. The van der Waals surface area contributed by atoms with Crippen molar-refractivity contribution in [3.63, 3.8) is 0 Å². The summed E-state index contributed by atoms with van der Waals surface area (Å²) in [4.78, 5) is 202. The van der Waals surface area contributed by atoms with E-state index < -0.39 is 197 Å². The van der Waals surface area contributed by atoms with Crippen LogP contribution in [0.1, 0.15) is 109 Å². The van der Waals surface area contributed by atoms with Gasteiger partial charge in [0.25, 0.3) is 0 Å². The fourth-order valence-corrected chi connectivity index (χ4v) is 7.55. The molecule has 0 fully saturated rings. The summed E-state index contributed by atoms with van der Waals surface area (Å²) in [6, 6.07) is 0. The number of esters is 12. The van der Waals surface area contributed by atoms with Crippen molar-refractivity contribution in [1.82, 2.24) is 36.4 Å². The molecule has 0 spiro atoms. The van der Waals surface area contributed by atoms with Gasteiger partial charge in [-0.2, -0.15) is 0 Å². The zero-order valence-corrected chi connectivity index (χ0v) is 53.8. The second kappa shape index (κ2) is 43.2. The maximum Gasteiger partial charge on any atom is 0.302 e. The van der Waals surface area contributed by atoms with Crippen molar-refractivity contribution >= 4 is 95.3 Å². The first kappa shape index (κ1) is 82.4. The molecule has 35 nitrogen and oxygen atoms in total. The Labute approximate surface area is 526 Å². The molecule has 35 heteroatoms. The molecule has 0 saturated heterocycles. The molecular weight excluding hydrogens is 1220 g/mol. The molecule has 4 amide bonds. The lowest BCUT2D eigenvalue weighted by Gasteiger charge is -2.34. The Hall–Kier alpha value is -8.60. The van der Waals surface area contributed by atoms with Crippen molar-refractivity contribution in [3.8, 4) is 0 Å². The average Bonchev–Trinajstić information content (AvgIpc) is 1.46. The maximum atomic E-state index is 13.8. The van der Waals surface area contributed by atoms with Gasteiger partial charge in [-0.25, -0.2) is 0 Å². The van der Waals surface area contributed by atoms with Crippen LogP contribution in [0.5, 0.6) is 0 Å². The van der Waals surface area contributed by atoms with Crippen LogP contribution in [-0.2, 0) is 134 Å². The van der Waals surface area contributed by atoms with Crippen molar-refractivity contribution < 1.29 is 134 Å². The number of hydrogen-bond donors (Lipinski definition) is 5. The highest BCUT2D eigenvalue weighted by atomic mass is 16.6. The number of ether oxygens (including phenoxy) is 12. The Morgan fingerprint density at radius 2 is 0.363 bits per heavy atom. The molecule has 0 unspecified atom stereocenters. The third-order valence-electron chi connectivity index (χ3n) is 12.1. The molecule has 0 aromatic rings. The fourth-order valence-electron chi connectivity index (χ4n) is 7.55. The first-order valence-corrected chi connectivity index (χ1v) is 28.4. The molecular formula is C56H89N7O28. The van der Waals surface area contributed by atoms with Gasteiger partial charge in [0, 0.05) is 161 Å². The minimum absolute atomic E-state index is 0.0640. The lowest BCUT2D eigenvalue weighted by atomic mass is 10.0. The molecule has 0 rings (SSSR count). The first-order valence-electron chi connectivity index (χ1n) is 28.4. The van der Waals surface area contributed by atoms with Gasteiger partial charge in [0.15, 0.2) is 0 Å². The Morgan fingerprint density at radius 3 is 0.484 bits per heavy atom. The monoisotopic (exact) mass is 1310 g/mol. The van der Waals surface area contributed by atoms with Crippen molar-refractivity contribution in [2.75, 3.05) is 132 Å². The van der Waals surface area contributed by atoms with Crippen LogP contribution < -0.4 is 26.6 Å². The number of carbonyl (C=O) groups is 16. The van der Waals surface area contributed by atoms with Gasteiger partial charge in [-0.05, 0) is 0 Å². The van der Waals surface area contributed by atoms with E-state index in [4.69, 9.17) is 56.8 Å². The minimum Gasteiger partial charge on any atom is -0.463 e. The van der Waals surface area contributed by atoms with Crippen molar-refractivity contribution in [3.05, 3.63) is 0 Å². The van der Waals surface area contributed by atoms with E-state index in [1.54, 1.807) is 9.80 Å². The van der Waals surface area contributed by atoms with Crippen LogP contribution >= 0.6 is 0 Å². The largest absolute Gasteiger partial charge is 0.463 e. The fraction of sp³-hybridized carbons (Fsp3) is 0.714. The van der Waals surface area contributed by atoms with Gasteiger partial charge in [0.1, 0.15) is 101 Å². The van der Waals surface area contributed by atoms with Crippen LogP contribution in [0.15, 0.2) is 0 Å². The molecule has 516 valence electrons. The van der Waals surface area contributed by atoms with E-state index in [0.717, 1.165) is 83.1 Å². The van der Waals surface area contributed by atoms with Gasteiger partial charge in [-0.3, -0.25) is 76.7 Å². The summed E-state index contributed by atoms with van der Waals surface area (Å²) in [5.41, 5.74) is -7.07. The van der Waals surface area contributed by atoms with Crippen LogP contribution in [0.25, 0.3) is 0 Å². The average molecular weight is 1310 g/mol. The number of nitrogens with one attached hydrogen (secondary N) is 5. The number of hydrogen-bond acceptors (Lipinski definition) is 31. The van der Waals surface area contributed by atoms with Crippen LogP contribution in [0.3, 0.4) is 0 Å². The molecule has 91 heavy (non-hydrogen) atoms. The smallest absolute Gasteiger partial charge is 0.302 e. The standard InChI is InChI=1S/C56H89N7O28/c1-37(64)80-25-53(26-81-38(2)65,27-82-39(3)66)58-49(76)13-19-62(20-14-50(77)59-54(28-83-40(4)67,29-84-41(5)68)30-85-42(6)69)23-17-57-18-24-63(21-15-51(78)60-55(31-86-43(7)70,32-87-44(8)71)33-88-45(9)72)22-16-52(79)61-56(34-89-46(10)73,35-90-47(11)74)36-91-48(12)75/h57H,13-36H2,1-12H3,(H,58,76)(H,59,77)(H,60,78)(H,61,79). The molecule has 0 radical (unpaired) electrons. The number of carbonyl (C=O) groups excluding carboxylic acids is 16. The van der Waals surface area contributed by atoms with Crippen LogP contribution in [-0.4, -0.2) is 259 Å². The Morgan fingerprint density at radius 1 is 0.231 bits per heavy atom. The highest BCUT2D eigenvalue weighted by Gasteiger charge is 2.41. The molecule has 0 aromatic carbocycles. The number of rotatable bonds is 46. The van der Waals surface area contributed by atoms with Crippen molar-refractivity contribution in [2.45, 2.75) is 131 Å². The highest BCUT2D eigenvalue weighted by molar-refractivity contribution is 5.80. The summed E-state index contributed by atoms with van der Waals surface area (Å²) >= 11 is 0.